The molecule has 6 heteroatoms. The van der Waals surface area contributed by atoms with Crippen molar-refractivity contribution in [2.45, 2.75) is 26.8 Å². The first-order valence-corrected chi connectivity index (χ1v) is 7.29. The normalized spacial score (nSPS) is 13.4. The SMILES string of the molecule is Cc1c(C#N)c(N)n(C(C)CS(C)(=O)=O)c1C. The molecule has 1 aromatic heterocycles. The first-order chi connectivity index (χ1) is 7.69. The summed E-state index contributed by atoms with van der Waals surface area (Å²) in [5.41, 5.74) is 7.97. The predicted octanol–water partition coefficient (Wildman–Crippen LogP) is 1.16. The lowest BCUT2D eigenvalue weighted by molar-refractivity contribution is 0.560. The number of aromatic nitrogens is 1. The van der Waals surface area contributed by atoms with Crippen LogP contribution in [0, 0.1) is 25.2 Å². The number of nitriles is 1. The molecule has 1 aromatic rings. The molecule has 2 N–H and O–H groups in total. The molecule has 5 nitrogen and oxygen atoms in total. The molecule has 0 radical (unpaired) electrons. The molecule has 0 aliphatic rings. The van der Waals surface area contributed by atoms with Crippen molar-refractivity contribution >= 4 is 15.7 Å². The van der Waals surface area contributed by atoms with Gasteiger partial charge in [-0.2, -0.15) is 5.26 Å². The van der Waals surface area contributed by atoms with Crippen LogP contribution in [0.4, 0.5) is 5.82 Å². The summed E-state index contributed by atoms with van der Waals surface area (Å²) in [5.74, 6) is 0.357. The van der Waals surface area contributed by atoms with E-state index in [4.69, 9.17) is 11.0 Å². The quantitative estimate of drug-likeness (QED) is 0.877. The number of nitrogens with zero attached hydrogens (tertiary/aromatic N) is 2. The van der Waals surface area contributed by atoms with Gasteiger partial charge in [-0.1, -0.05) is 0 Å². The number of rotatable bonds is 3. The lowest BCUT2D eigenvalue weighted by atomic mass is 10.2. The summed E-state index contributed by atoms with van der Waals surface area (Å²) in [5, 5.41) is 8.99. The smallest absolute Gasteiger partial charge is 0.149 e. The van der Waals surface area contributed by atoms with Crippen LogP contribution >= 0.6 is 0 Å². The zero-order valence-corrected chi connectivity index (χ0v) is 11.3. The molecule has 0 aliphatic carbocycles. The van der Waals surface area contributed by atoms with Gasteiger partial charge in [0, 0.05) is 18.0 Å². The largest absolute Gasteiger partial charge is 0.384 e. The van der Waals surface area contributed by atoms with Gasteiger partial charge in [0.25, 0.3) is 0 Å². The fourth-order valence-corrected chi connectivity index (χ4v) is 3.10. The Morgan fingerprint density at radius 3 is 2.35 bits per heavy atom. The summed E-state index contributed by atoms with van der Waals surface area (Å²) < 4.78 is 24.3. The van der Waals surface area contributed by atoms with E-state index in [0.29, 0.717) is 11.4 Å². The van der Waals surface area contributed by atoms with Crippen molar-refractivity contribution in [3.05, 3.63) is 16.8 Å². The molecule has 1 heterocycles. The molecule has 0 amide bonds. The van der Waals surface area contributed by atoms with Crippen LogP contribution in [-0.4, -0.2) is 25.0 Å². The maximum Gasteiger partial charge on any atom is 0.149 e. The third-order valence-corrected chi connectivity index (χ3v) is 3.98. The third-order valence-electron chi connectivity index (χ3n) is 2.89. The molecule has 0 fully saturated rings. The van der Waals surface area contributed by atoms with Crippen molar-refractivity contribution in [2.75, 3.05) is 17.7 Å². The second kappa shape index (κ2) is 4.41. The topological polar surface area (TPSA) is 88.9 Å². The molecule has 0 aromatic carbocycles. The Morgan fingerprint density at radius 2 is 2.00 bits per heavy atom. The Balaban J connectivity index is 3.29. The Bertz CT molecular complexity index is 579. The van der Waals surface area contributed by atoms with Gasteiger partial charge in [0.2, 0.25) is 0 Å². The van der Waals surface area contributed by atoms with Crippen LogP contribution in [0.5, 0.6) is 0 Å². The van der Waals surface area contributed by atoms with Gasteiger partial charge >= 0.3 is 0 Å². The van der Waals surface area contributed by atoms with Crippen LogP contribution in [0.1, 0.15) is 29.8 Å². The minimum Gasteiger partial charge on any atom is -0.384 e. The van der Waals surface area contributed by atoms with Gasteiger partial charge in [-0.3, -0.25) is 0 Å². The summed E-state index contributed by atoms with van der Waals surface area (Å²) in [6.45, 7) is 5.43. The number of anilines is 1. The Labute approximate surface area is 102 Å². The highest BCUT2D eigenvalue weighted by Crippen LogP contribution is 2.27. The summed E-state index contributed by atoms with van der Waals surface area (Å²) >= 11 is 0. The van der Waals surface area contributed by atoms with E-state index in [9.17, 15) is 8.42 Å². The lowest BCUT2D eigenvalue weighted by Crippen LogP contribution is -2.19. The molecule has 94 valence electrons. The molecule has 0 saturated carbocycles. The third kappa shape index (κ3) is 2.61. The zero-order valence-electron chi connectivity index (χ0n) is 10.5. The van der Waals surface area contributed by atoms with Crippen LogP contribution in [0.3, 0.4) is 0 Å². The summed E-state index contributed by atoms with van der Waals surface area (Å²) in [7, 11) is -3.07. The van der Waals surface area contributed by atoms with E-state index in [1.54, 1.807) is 11.5 Å². The molecular weight excluding hydrogens is 238 g/mol. The summed E-state index contributed by atoms with van der Waals surface area (Å²) in [6, 6.07) is 1.77. The predicted molar refractivity (Wildman–Crippen MR) is 67.5 cm³/mol. The highest BCUT2D eigenvalue weighted by molar-refractivity contribution is 7.90. The first kappa shape index (κ1) is 13.6. The minimum absolute atomic E-state index is 0.0109. The second-order valence-electron chi connectivity index (χ2n) is 4.39. The van der Waals surface area contributed by atoms with E-state index in [2.05, 4.69) is 0 Å². The highest BCUT2D eigenvalue weighted by Gasteiger charge is 2.21. The molecule has 1 unspecified atom stereocenters. The van der Waals surface area contributed by atoms with Gasteiger partial charge in [-0.05, 0) is 26.3 Å². The van der Waals surface area contributed by atoms with Crippen molar-refractivity contribution in [2.24, 2.45) is 0 Å². The van der Waals surface area contributed by atoms with Gasteiger partial charge in [0.1, 0.15) is 21.7 Å². The lowest BCUT2D eigenvalue weighted by Gasteiger charge is -2.17. The van der Waals surface area contributed by atoms with Gasteiger partial charge in [-0.15, -0.1) is 0 Å². The highest BCUT2D eigenvalue weighted by atomic mass is 32.2. The van der Waals surface area contributed by atoms with E-state index in [1.165, 1.54) is 6.26 Å². The Morgan fingerprint density at radius 1 is 1.47 bits per heavy atom. The zero-order chi connectivity index (χ0) is 13.4. The number of hydrogen-bond donors (Lipinski definition) is 1. The fourth-order valence-electron chi connectivity index (χ4n) is 2.08. The van der Waals surface area contributed by atoms with Gasteiger partial charge in [0.05, 0.1) is 11.3 Å². The molecule has 1 rings (SSSR count). The Kier molecular flexibility index (Phi) is 3.53. The molecule has 1 atom stereocenters. The Hall–Kier alpha value is -1.48. The maximum absolute atomic E-state index is 11.3. The molecule has 0 aliphatic heterocycles. The van der Waals surface area contributed by atoms with E-state index in [1.807, 2.05) is 19.9 Å². The number of hydrogen-bond acceptors (Lipinski definition) is 4. The van der Waals surface area contributed by atoms with Crippen molar-refractivity contribution in [1.82, 2.24) is 4.57 Å². The molecule has 17 heavy (non-hydrogen) atoms. The summed E-state index contributed by atoms with van der Waals surface area (Å²) in [6.07, 6.45) is 1.19. The first-order valence-electron chi connectivity index (χ1n) is 5.23. The maximum atomic E-state index is 11.3. The summed E-state index contributed by atoms with van der Waals surface area (Å²) in [4.78, 5) is 0. The molecule has 0 spiro atoms. The van der Waals surface area contributed by atoms with Gasteiger partial charge < -0.3 is 10.3 Å². The van der Waals surface area contributed by atoms with E-state index >= 15 is 0 Å². The standard InChI is InChI=1S/C11H17N3O2S/c1-7(6-17(4,15)16)14-9(3)8(2)10(5-12)11(14)13/h7H,6,13H2,1-4H3. The van der Waals surface area contributed by atoms with Crippen LogP contribution in [-0.2, 0) is 9.84 Å². The number of nitrogen functional groups attached to an aromatic ring is 1. The number of sulfone groups is 1. The molecule has 0 saturated heterocycles. The van der Waals surface area contributed by atoms with Crippen LogP contribution in [0.15, 0.2) is 0 Å². The van der Waals surface area contributed by atoms with Crippen molar-refractivity contribution in [1.29, 1.82) is 5.26 Å². The molecule has 0 bridgehead atoms. The van der Waals surface area contributed by atoms with Crippen LogP contribution in [0.25, 0.3) is 0 Å². The van der Waals surface area contributed by atoms with E-state index < -0.39 is 9.84 Å². The number of nitrogens with two attached hydrogens (primary N) is 1. The minimum atomic E-state index is -3.07. The van der Waals surface area contributed by atoms with Crippen molar-refractivity contribution in [3.8, 4) is 6.07 Å². The van der Waals surface area contributed by atoms with Crippen molar-refractivity contribution < 1.29 is 8.42 Å². The van der Waals surface area contributed by atoms with Crippen LogP contribution in [0.2, 0.25) is 0 Å². The van der Waals surface area contributed by atoms with E-state index in [0.717, 1.165) is 11.3 Å². The monoisotopic (exact) mass is 255 g/mol. The average Bonchev–Trinajstić information content (AvgIpc) is 2.35. The second-order valence-corrected chi connectivity index (χ2v) is 6.58. The fraction of sp³-hybridized carbons (Fsp3) is 0.545. The van der Waals surface area contributed by atoms with Gasteiger partial charge in [-0.25, -0.2) is 8.42 Å². The van der Waals surface area contributed by atoms with Crippen molar-refractivity contribution in [3.63, 3.8) is 0 Å². The average molecular weight is 255 g/mol. The molecular formula is C11H17N3O2S. The van der Waals surface area contributed by atoms with Crippen LogP contribution < -0.4 is 5.73 Å². The van der Waals surface area contributed by atoms with Gasteiger partial charge in [0.15, 0.2) is 0 Å². The van der Waals surface area contributed by atoms with E-state index in [-0.39, 0.29) is 11.8 Å².